The molecule has 0 spiro atoms. The Morgan fingerprint density at radius 1 is 0.938 bits per heavy atom. The number of likely N-dealkylation sites (tertiary alicyclic amines) is 1. The van der Waals surface area contributed by atoms with Crippen LogP contribution in [0.5, 0.6) is 5.75 Å². The minimum atomic E-state index is -0.0840. The van der Waals surface area contributed by atoms with Crippen molar-refractivity contribution in [3.8, 4) is 5.75 Å². The number of hydrogen-bond donors (Lipinski definition) is 0. The van der Waals surface area contributed by atoms with Crippen LogP contribution in [-0.2, 0) is 0 Å². The van der Waals surface area contributed by atoms with E-state index >= 15 is 0 Å². The molecular formula is C27H25Cl2NO2. The van der Waals surface area contributed by atoms with Gasteiger partial charge in [0, 0.05) is 12.1 Å². The molecule has 0 saturated carbocycles. The fraction of sp³-hybridized carbons (Fsp3) is 0.222. The molecule has 0 N–H and O–H groups in total. The molecule has 1 fully saturated rings. The summed E-state index contributed by atoms with van der Waals surface area (Å²) < 4.78 is 6.35. The molecule has 4 rings (SSSR count). The third-order valence-corrected chi connectivity index (χ3v) is 6.32. The second-order valence-corrected chi connectivity index (χ2v) is 8.73. The van der Waals surface area contributed by atoms with Gasteiger partial charge in [-0.3, -0.25) is 9.69 Å². The highest BCUT2D eigenvalue weighted by atomic mass is 35.5. The summed E-state index contributed by atoms with van der Waals surface area (Å²) in [6, 6.07) is 22.9. The quantitative estimate of drug-likeness (QED) is 0.262. The summed E-state index contributed by atoms with van der Waals surface area (Å²) in [5.41, 5.74) is 2.58. The van der Waals surface area contributed by atoms with Gasteiger partial charge in [0.25, 0.3) is 0 Å². The van der Waals surface area contributed by atoms with E-state index in [1.54, 1.807) is 30.3 Å². The summed E-state index contributed by atoms with van der Waals surface area (Å²) >= 11 is 12.0. The summed E-state index contributed by atoms with van der Waals surface area (Å²) in [7, 11) is 0. The molecule has 1 unspecified atom stereocenters. The van der Waals surface area contributed by atoms with Crippen LogP contribution >= 0.6 is 23.2 Å². The largest absolute Gasteiger partial charge is 0.484 e. The first-order valence-corrected chi connectivity index (χ1v) is 11.6. The van der Waals surface area contributed by atoms with E-state index in [0.29, 0.717) is 15.6 Å². The molecule has 3 aromatic carbocycles. The fourth-order valence-corrected chi connectivity index (χ4v) is 4.13. The van der Waals surface area contributed by atoms with Gasteiger partial charge in [0.05, 0.1) is 10.0 Å². The van der Waals surface area contributed by atoms with Crippen LogP contribution in [0.25, 0.3) is 6.08 Å². The molecule has 0 bridgehead atoms. The number of allylic oxidation sites excluding steroid dienone is 1. The molecule has 1 heterocycles. The summed E-state index contributed by atoms with van der Waals surface area (Å²) in [5.74, 6) is 0.669. The topological polar surface area (TPSA) is 29.5 Å². The third-order valence-electron chi connectivity index (χ3n) is 5.58. The fourth-order valence-electron chi connectivity index (χ4n) is 3.82. The van der Waals surface area contributed by atoms with Crippen molar-refractivity contribution >= 4 is 35.1 Å². The van der Waals surface area contributed by atoms with Crippen LogP contribution in [0, 0.1) is 0 Å². The summed E-state index contributed by atoms with van der Waals surface area (Å²) in [5, 5.41) is 0.953. The van der Waals surface area contributed by atoms with Crippen LogP contribution in [0.2, 0.25) is 10.0 Å². The van der Waals surface area contributed by atoms with Crippen molar-refractivity contribution < 1.29 is 9.53 Å². The number of nitrogens with zero attached hydrogens (tertiary/aromatic N) is 1. The average Bonchev–Trinajstić information content (AvgIpc) is 3.33. The lowest BCUT2D eigenvalue weighted by Gasteiger charge is -2.25. The molecule has 0 radical (unpaired) electrons. The van der Waals surface area contributed by atoms with Crippen molar-refractivity contribution in [1.29, 1.82) is 0 Å². The van der Waals surface area contributed by atoms with Gasteiger partial charge in [-0.1, -0.05) is 65.7 Å². The van der Waals surface area contributed by atoms with Crippen LogP contribution in [0.3, 0.4) is 0 Å². The lowest BCUT2D eigenvalue weighted by atomic mass is 10.1. The van der Waals surface area contributed by atoms with Crippen molar-refractivity contribution in [2.45, 2.75) is 18.9 Å². The van der Waals surface area contributed by atoms with Gasteiger partial charge in [-0.25, -0.2) is 0 Å². The Hall–Kier alpha value is -2.59. The van der Waals surface area contributed by atoms with Crippen molar-refractivity contribution in [2.75, 3.05) is 19.6 Å². The smallest absolute Gasteiger partial charge is 0.185 e. The van der Waals surface area contributed by atoms with E-state index in [0.717, 1.165) is 36.5 Å². The van der Waals surface area contributed by atoms with Gasteiger partial charge < -0.3 is 4.74 Å². The van der Waals surface area contributed by atoms with E-state index in [-0.39, 0.29) is 11.9 Å². The molecule has 1 aliphatic rings. The highest BCUT2D eigenvalue weighted by Crippen LogP contribution is 2.26. The highest BCUT2D eigenvalue weighted by Gasteiger charge is 2.20. The van der Waals surface area contributed by atoms with Crippen molar-refractivity contribution in [3.63, 3.8) is 0 Å². The number of ether oxygens (including phenoxy) is 1. The Morgan fingerprint density at radius 3 is 2.34 bits per heavy atom. The standard InChI is InChI=1S/C27H25Cl2NO2/c28-24-14-8-20(18-25(24)29)9-15-26(31)21-10-12-23(13-11-21)32-27(19-30-16-4-5-17-30)22-6-2-1-3-7-22/h1-3,6-15,18,27H,4-5,16-17,19H2. The maximum Gasteiger partial charge on any atom is 0.185 e. The van der Waals surface area contributed by atoms with E-state index < -0.39 is 0 Å². The Morgan fingerprint density at radius 2 is 1.66 bits per heavy atom. The van der Waals surface area contributed by atoms with Gasteiger partial charge >= 0.3 is 0 Å². The number of rotatable bonds is 8. The van der Waals surface area contributed by atoms with Crippen LogP contribution in [0.15, 0.2) is 78.9 Å². The maximum atomic E-state index is 12.6. The SMILES string of the molecule is O=C(C=Cc1ccc(Cl)c(Cl)c1)c1ccc(OC(CN2CCCC2)c2ccccc2)cc1. The first kappa shape index (κ1) is 22.6. The first-order valence-electron chi connectivity index (χ1n) is 10.8. The third kappa shape index (κ3) is 6.01. The zero-order valence-corrected chi connectivity index (χ0v) is 19.2. The van der Waals surface area contributed by atoms with Gasteiger partial charge in [0.2, 0.25) is 0 Å². The molecule has 164 valence electrons. The zero-order valence-electron chi connectivity index (χ0n) is 17.7. The van der Waals surface area contributed by atoms with Gasteiger partial charge in [0.15, 0.2) is 5.78 Å². The van der Waals surface area contributed by atoms with E-state index in [9.17, 15) is 4.79 Å². The second-order valence-electron chi connectivity index (χ2n) is 7.92. The molecule has 32 heavy (non-hydrogen) atoms. The number of carbonyl (C=O) groups excluding carboxylic acids is 1. The summed E-state index contributed by atoms with van der Waals surface area (Å²) in [6.45, 7) is 3.09. The van der Waals surface area contributed by atoms with Gasteiger partial charge in [-0.05, 0) is 79.5 Å². The molecule has 1 atom stereocenters. The average molecular weight is 466 g/mol. The maximum absolute atomic E-state index is 12.6. The summed E-state index contributed by atoms with van der Waals surface area (Å²) in [6.07, 6.45) is 5.71. The number of hydrogen-bond acceptors (Lipinski definition) is 3. The number of benzene rings is 3. The van der Waals surface area contributed by atoms with E-state index in [2.05, 4.69) is 17.0 Å². The van der Waals surface area contributed by atoms with Crippen molar-refractivity contribution in [1.82, 2.24) is 4.90 Å². The van der Waals surface area contributed by atoms with Crippen LogP contribution in [-0.4, -0.2) is 30.3 Å². The monoisotopic (exact) mass is 465 g/mol. The van der Waals surface area contributed by atoms with Gasteiger partial charge in [-0.2, -0.15) is 0 Å². The predicted molar refractivity (Wildman–Crippen MR) is 132 cm³/mol. The normalized spacial score (nSPS) is 15.2. The zero-order chi connectivity index (χ0) is 22.3. The molecule has 3 aromatic rings. The minimum Gasteiger partial charge on any atom is -0.484 e. The molecular weight excluding hydrogens is 441 g/mol. The van der Waals surface area contributed by atoms with Crippen molar-refractivity contribution in [3.05, 3.63) is 106 Å². The van der Waals surface area contributed by atoms with Crippen molar-refractivity contribution in [2.24, 2.45) is 0 Å². The number of halogens is 2. The first-order chi connectivity index (χ1) is 15.6. The number of carbonyl (C=O) groups is 1. The molecule has 0 amide bonds. The molecule has 3 nitrogen and oxygen atoms in total. The van der Waals surface area contributed by atoms with E-state index in [1.165, 1.54) is 18.9 Å². The molecule has 1 aliphatic heterocycles. The predicted octanol–water partition coefficient (Wildman–Crippen LogP) is 7.11. The van der Waals surface area contributed by atoms with Crippen LogP contribution in [0.4, 0.5) is 0 Å². The Bertz CT molecular complexity index is 1070. The number of ketones is 1. The van der Waals surface area contributed by atoms with Gasteiger partial charge in [-0.15, -0.1) is 0 Å². The lowest BCUT2D eigenvalue weighted by Crippen LogP contribution is -2.28. The molecule has 0 aliphatic carbocycles. The summed E-state index contributed by atoms with van der Waals surface area (Å²) in [4.78, 5) is 15.0. The highest BCUT2D eigenvalue weighted by molar-refractivity contribution is 6.42. The van der Waals surface area contributed by atoms with E-state index in [1.807, 2.05) is 36.4 Å². The molecule has 5 heteroatoms. The lowest BCUT2D eigenvalue weighted by molar-refractivity contribution is 0.104. The van der Waals surface area contributed by atoms with E-state index in [4.69, 9.17) is 27.9 Å². The van der Waals surface area contributed by atoms with Gasteiger partial charge in [0.1, 0.15) is 11.9 Å². The Kier molecular flexibility index (Phi) is 7.64. The molecule has 1 saturated heterocycles. The molecule has 0 aromatic heterocycles. The van der Waals surface area contributed by atoms with Crippen LogP contribution in [0.1, 0.15) is 40.4 Å². The second kappa shape index (κ2) is 10.8. The minimum absolute atomic E-state index is 0.0506. The van der Waals surface area contributed by atoms with Crippen LogP contribution < -0.4 is 4.74 Å². The Balaban J connectivity index is 1.43. The Labute approximate surface area is 199 Å².